The fraction of sp³-hybridized carbons (Fsp3) is 0.200. The molecule has 0 aromatic carbocycles. The number of pyridine rings is 1. The highest BCUT2D eigenvalue weighted by molar-refractivity contribution is 6.32. The second kappa shape index (κ2) is 6.11. The van der Waals surface area contributed by atoms with Crippen molar-refractivity contribution in [2.24, 2.45) is 0 Å². The Morgan fingerprint density at radius 2 is 2.05 bits per heavy atom. The molecule has 3 heterocycles. The number of nitrogens with zero attached hydrogens (tertiary/aromatic N) is 5. The van der Waals surface area contributed by atoms with Crippen LogP contribution in [0.4, 0.5) is 11.8 Å². The predicted molar refractivity (Wildman–Crippen MR) is 86.2 cm³/mol. The second-order valence-electron chi connectivity index (χ2n) is 5.00. The summed E-state index contributed by atoms with van der Waals surface area (Å²) >= 11 is 6.20. The van der Waals surface area contributed by atoms with E-state index in [1.165, 1.54) is 0 Å². The number of nitrogens with one attached hydrogen (secondary N) is 1. The van der Waals surface area contributed by atoms with E-state index in [4.69, 9.17) is 11.6 Å². The van der Waals surface area contributed by atoms with E-state index in [-0.39, 0.29) is 6.04 Å². The molecule has 22 heavy (non-hydrogen) atoms. The molecule has 3 aromatic heterocycles. The molecule has 0 saturated carbocycles. The minimum atomic E-state index is 0.278. The molecule has 0 aliphatic carbocycles. The molecular formula is C15H15ClN6. The molecule has 0 spiro atoms. The first-order valence-electron chi connectivity index (χ1n) is 6.89. The number of halogens is 1. The van der Waals surface area contributed by atoms with Gasteiger partial charge in [0.2, 0.25) is 5.95 Å². The standard InChI is InChI=1S/C15H15ClN6/c1-10(2)22-8-6-12(21-22)14-11(16)9-18-15(20-14)19-13-5-3-4-7-17-13/h3-10H,1-2H3,(H,17,18,19,20). The molecule has 112 valence electrons. The highest BCUT2D eigenvalue weighted by Gasteiger charge is 2.12. The van der Waals surface area contributed by atoms with Crippen molar-refractivity contribution in [1.29, 1.82) is 0 Å². The Kier molecular flexibility index (Phi) is 4.02. The normalized spacial score (nSPS) is 10.9. The molecule has 0 aliphatic rings. The molecule has 1 N–H and O–H groups in total. The third kappa shape index (κ3) is 3.07. The largest absolute Gasteiger partial charge is 0.309 e. The molecule has 3 aromatic rings. The van der Waals surface area contributed by atoms with Crippen LogP contribution in [0.2, 0.25) is 5.02 Å². The summed E-state index contributed by atoms with van der Waals surface area (Å²) in [5.41, 5.74) is 1.31. The monoisotopic (exact) mass is 314 g/mol. The van der Waals surface area contributed by atoms with Crippen molar-refractivity contribution in [1.82, 2.24) is 24.7 Å². The summed E-state index contributed by atoms with van der Waals surface area (Å²) in [6.07, 6.45) is 5.16. The zero-order valence-corrected chi connectivity index (χ0v) is 13.0. The van der Waals surface area contributed by atoms with Gasteiger partial charge in [0.15, 0.2) is 0 Å². The topological polar surface area (TPSA) is 68.5 Å². The van der Waals surface area contributed by atoms with Crippen LogP contribution in [0.1, 0.15) is 19.9 Å². The van der Waals surface area contributed by atoms with Crippen molar-refractivity contribution in [2.45, 2.75) is 19.9 Å². The van der Waals surface area contributed by atoms with Crippen LogP contribution in [0, 0.1) is 0 Å². The van der Waals surface area contributed by atoms with Gasteiger partial charge in [-0.15, -0.1) is 0 Å². The third-order valence-corrected chi connectivity index (χ3v) is 3.31. The molecule has 3 rings (SSSR count). The lowest BCUT2D eigenvalue weighted by atomic mass is 10.3. The van der Waals surface area contributed by atoms with E-state index in [0.717, 1.165) is 0 Å². The van der Waals surface area contributed by atoms with Gasteiger partial charge in [-0.3, -0.25) is 4.68 Å². The summed E-state index contributed by atoms with van der Waals surface area (Å²) in [6.45, 7) is 4.12. The Morgan fingerprint density at radius 1 is 1.18 bits per heavy atom. The first-order chi connectivity index (χ1) is 10.6. The van der Waals surface area contributed by atoms with Crippen molar-refractivity contribution in [3.63, 3.8) is 0 Å². The summed E-state index contributed by atoms with van der Waals surface area (Å²) < 4.78 is 1.86. The zero-order valence-electron chi connectivity index (χ0n) is 12.2. The van der Waals surface area contributed by atoms with Gasteiger partial charge in [-0.2, -0.15) is 5.10 Å². The van der Waals surface area contributed by atoms with Gasteiger partial charge in [0.1, 0.15) is 17.2 Å². The van der Waals surface area contributed by atoms with Crippen LogP contribution >= 0.6 is 11.6 Å². The third-order valence-electron chi connectivity index (χ3n) is 3.03. The van der Waals surface area contributed by atoms with E-state index in [1.807, 2.05) is 35.1 Å². The number of hydrogen-bond donors (Lipinski definition) is 1. The molecule has 0 radical (unpaired) electrons. The summed E-state index contributed by atoms with van der Waals surface area (Å²) in [6, 6.07) is 7.73. The minimum absolute atomic E-state index is 0.278. The Labute approximate surface area is 133 Å². The molecule has 0 fully saturated rings. The fourth-order valence-corrected chi connectivity index (χ4v) is 2.10. The van der Waals surface area contributed by atoms with E-state index in [2.05, 4.69) is 39.2 Å². The highest BCUT2D eigenvalue weighted by atomic mass is 35.5. The zero-order chi connectivity index (χ0) is 15.5. The van der Waals surface area contributed by atoms with Crippen molar-refractivity contribution in [2.75, 3.05) is 5.32 Å². The number of anilines is 2. The Hall–Kier alpha value is -2.47. The first kappa shape index (κ1) is 14.5. The average Bonchev–Trinajstić information content (AvgIpc) is 3.00. The fourth-order valence-electron chi connectivity index (χ4n) is 1.91. The van der Waals surface area contributed by atoms with Crippen LogP contribution in [0.25, 0.3) is 11.4 Å². The molecule has 7 heteroatoms. The van der Waals surface area contributed by atoms with E-state index in [0.29, 0.717) is 28.2 Å². The van der Waals surface area contributed by atoms with Crippen LogP contribution in [0.15, 0.2) is 42.9 Å². The maximum absolute atomic E-state index is 6.20. The molecule has 0 amide bonds. The van der Waals surface area contributed by atoms with Gasteiger partial charge in [-0.1, -0.05) is 17.7 Å². The van der Waals surface area contributed by atoms with Crippen molar-refractivity contribution < 1.29 is 0 Å². The van der Waals surface area contributed by atoms with Gasteiger partial charge in [-0.05, 0) is 32.0 Å². The Morgan fingerprint density at radius 3 is 2.73 bits per heavy atom. The van der Waals surface area contributed by atoms with E-state index in [1.54, 1.807) is 12.4 Å². The average molecular weight is 315 g/mol. The molecule has 0 unspecified atom stereocenters. The van der Waals surface area contributed by atoms with Crippen molar-refractivity contribution in [3.05, 3.63) is 47.9 Å². The van der Waals surface area contributed by atoms with Crippen LogP contribution < -0.4 is 5.32 Å². The molecule has 6 nitrogen and oxygen atoms in total. The first-order valence-corrected chi connectivity index (χ1v) is 7.27. The molecular weight excluding hydrogens is 300 g/mol. The van der Waals surface area contributed by atoms with Gasteiger partial charge in [-0.25, -0.2) is 15.0 Å². The lowest BCUT2D eigenvalue weighted by Gasteiger charge is -2.07. The molecule has 0 saturated heterocycles. The Balaban J connectivity index is 1.92. The minimum Gasteiger partial charge on any atom is -0.309 e. The smallest absolute Gasteiger partial charge is 0.229 e. The van der Waals surface area contributed by atoms with Crippen molar-refractivity contribution in [3.8, 4) is 11.4 Å². The summed E-state index contributed by atoms with van der Waals surface area (Å²) in [5, 5.41) is 7.99. The molecule has 0 aliphatic heterocycles. The second-order valence-corrected chi connectivity index (χ2v) is 5.41. The number of hydrogen-bond acceptors (Lipinski definition) is 5. The maximum Gasteiger partial charge on any atom is 0.229 e. The van der Waals surface area contributed by atoms with E-state index in [9.17, 15) is 0 Å². The molecule has 0 atom stereocenters. The number of aromatic nitrogens is 5. The SMILES string of the molecule is CC(C)n1ccc(-c2nc(Nc3ccccn3)ncc2Cl)n1. The van der Waals surface area contributed by atoms with Gasteiger partial charge in [0.05, 0.1) is 11.2 Å². The lowest BCUT2D eigenvalue weighted by Crippen LogP contribution is -2.02. The van der Waals surface area contributed by atoms with Gasteiger partial charge in [0.25, 0.3) is 0 Å². The highest BCUT2D eigenvalue weighted by Crippen LogP contribution is 2.25. The summed E-state index contributed by atoms with van der Waals surface area (Å²) in [5.74, 6) is 1.10. The van der Waals surface area contributed by atoms with Crippen LogP contribution in [0.3, 0.4) is 0 Å². The Bertz CT molecular complexity index is 769. The van der Waals surface area contributed by atoms with E-state index >= 15 is 0 Å². The maximum atomic E-state index is 6.20. The van der Waals surface area contributed by atoms with Crippen LogP contribution in [-0.4, -0.2) is 24.7 Å². The predicted octanol–water partition coefficient (Wildman–Crippen LogP) is 3.71. The van der Waals surface area contributed by atoms with Gasteiger partial charge in [0, 0.05) is 18.4 Å². The quantitative estimate of drug-likeness (QED) is 0.795. The number of rotatable bonds is 4. The van der Waals surface area contributed by atoms with E-state index < -0.39 is 0 Å². The lowest BCUT2D eigenvalue weighted by molar-refractivity contribution is 0.534. The van der Waals surface area contributed by atoms with Crippen molar-refractivity contribution >= 4 is 23.4 Å². The summed E-state index contributed by atoms with van der Waals surface area (Å²) in [4.78, 5) is 12.8. The van der Waals surface area contributed by atoms with Crippen LogP contribution in [0.5, 0.6) is 0 Å². The summed E-state index contributed by atoms with van der Waals surface area (Å²) in [7, 11) is 0. The van der Waals surface area contributed by atoms with Crippen LogP contribution in [-0.2, 0) is 0 Å². The van der Waals surface area contributed by atoms with Gasteiger partial charge < -0.3 is 5.32 Å². The molecule has 0 bridgehead atoms. The van der Waals surface area contributed by atoms with Gasteiger partial charge >= 0.3 is 0 Å².